The fraction of sp³-hybridized carbons (Fsp3) is 0.583. The Labute approximate surface area is 125 Å². The highest BCUT2D eigenvalue weighted by Gasteiger charge is 2.35. The van der Waals surface area contributed by atoms with Crippen LogP contribution in [0.3, 0.4) is 0 Å². The van der Waals surface area contributed by atoms with E-state index in [1.54, 1.807) is 6.92 Å². The van der Waals surface area contributed by atoms with Gasteiger partial charge in [0, 0.05) is 24.6 Å². The molecular weight excluding hydrogens is 296 g/mol. The Morgan fingerprint density at radius 3 is 2.91 bits per heavy atom. The summed E-state index contributed by atoms with van der Waals surface area (Å²) in [5.41, 5.74) is 1.89. The van der Waals surface area contributed by atoms with Crippen LogP contribution in [0.25, 0.3) is 0 Å². The summed E-state index contributed by atoms with van der Waals surface area (Å²) in [6.45, 7) is 1.20. The highest BCUT2D eigenvalue weighted by Crippen LogP contribution is 2.28. The first-order valence-corrected chi connectivity index (χ1v) is 6.64. The lowest BCUT2D eigenvalue weighted by atomic mass is 10.1. The maximum atomic E-state index is 12.0. The smallest absolute Gasteiger partial charge is 0.351 e. The number of hydrogen-bond acceptors (Lipinski definition) is 9. The van der Waals surface area contributed by atoms with Crippen LogP contribution >= 0.6 is 0 Å². The second-order valence-electron chi connectivity index (χ2n) is 5.04. The summed E-state index contributed by atoms with van der Waals surface area (Å²) in [6, 6.07) is 0. The highest BCUT2D eigenvalue weighted by atomic mass is 16.5. The monoisotopic (exact) mass is 314 g/mol. The molecule has 10 heteroatoms. The summed E-state index contributed by atoms with van der Waals surface area (Å²) in [5, 5.41) is 39.6. The number of anilines is 1. The van der Waals surface area contributed by atoms with E-state index >= 15 is 0 Å². The predicted octanol–water partition coefficient (Wildman–Crippen LogP) is -0.922. The zero-order chi connectivity index (χ0) is 16.3. The van der Waals surface area contributed by atoms with Crippen LogP contribution in [0.1, 0.15) is 25.1 Å². The summed E-state index contributed by atoms with van der Waals surface area (Å²) >= 11 is 0. The molecule has 0 aromatic carbocycles. The van der Waals surface area contributed by atoms with Crippen molar-refractivity contribution in [2.24, 2.45) is 5.16 Å². The lowest BCUT2D eigenvalue weighted by Crippen LogP contribution is -2.29. The third-order valence-electron chi connectivity index (χ3n) is 3.44. The van der Waals surface area contributed by atoms with E-state index in [0.29, 0.717) is 11.3 Å². The number of ether oxygens (including phenoxy) is 1. The number of rotatable bonds is 5. The summed E-state index contributed by atoms with van der Waals surface area (Å²) in [7, 11) is 0. The standard InChI is InChI=1S/C12H18N4O6/c1-6(14-20)2-7-4-16(12(19)13-11(7)15-21)10-3-8(18)9(5-17)22-10/h4,8-10,17-18,20-21H,2-3,5H2,1H3,(H,13,15,19)/t8-,9+,10+/m0/s1. The Morgan fingerprint density at radius 2 is 2.36 bits per heavy atom. The number of aliphatic hydroxyl groups is 2. The first kappa shape index (κ1) is 16.4. The Balaban J connectivity index is 2.36. The Hall–Kier alpha value is -2.01. The van der Waals surface area contributed by atoms with E-state index in [9.17, 15) is 9.90 Å². The molecule has 3 atom stereocenters. The fourth-order valence-corrected chi connectivity index (χ4v) is 2.30. The third-order valence-corrected chi connectivity index (χ3v) is 3.44. The lowest BCUT2D eigenvalue weighted by Gasteiger charge is -2.16. The zero-order valence-corrected chi connectivity index (χ0v) is 11.9. The normalized spacial score (nSPS) is 25.5. The van der Waals surface area contributed by atoms with E-state index in [-0.39, 0.29) is 25.3 Å². The molecule has 122 valence electrons. The molecular formula is C12H18N4O6. The molecule has 10 nitrogen and oxygen atoms in total. The van der Waals surface area contributed by atoms with Crippen molar-refractivity contribution >= 4 is 11.5 Å². The molecule has 2 rings (SSSR count). The van der Waals surface area contributed by atoms with Crippen molar-refractivity contribution in [3.05, 3.63) is 22.2 Å². The Kier molecular flexibility index (Phi) is 5.08. The largest absolute Gasteiger partial charge is 0.411 e. The molecule has 0 radical (unpaired) electrons. The van der Waals surface area contributed by atoms with Gasteiger partial charge >= 0.3 is 5.69 Å². The molecule has 0 spiro atoms. The number of hydrogen-bond donors (Lipinski definition) is 5. The minimum atomic E-state index is -0.887. The van der Waals surface area contributed by atoms with Gasteiger partial charge in [-0.15, -0.1) is 0 Å². The maximum absolute atomic E-state index is 12.0. The molecule has 1 aliphatic rings. The van der Waals surface area contributed by atoms with Crippen LogP contribution in [-0.2, 0) is 11.2 Å². The van der Waals surface area contributed by atoms with Crippen LogP contribution in [0, 0.1) is 0 Å². The van der Waals surface area contributed by atoms with Crippen molar-refractivity contribution in [3.63, 3.8) is 0 Å². The molecule has 0 amide bonds. The minimum Gasteiger partial charge on any atom is -0.411 e. The van der Waals surface area contributed by atoms with Gasteiger partial charge in [0.15, 0.2) is 5.82 Å². The summed E-state index contributed by atoms with van der Waals surface area (Å²) in [6.07, 6.45) is -0.750. The minimum absolute atomic E-state index is 0.0542. The summed E-state index contributed by atoms with van der Waals surface area (Å²) in [5.74, 6) is -0.0542. The molecule has 0 saturated carbocycles. The highest BCUT2D eigenvalue weighted by molar-refractivity contribution is 5.84. The Bertz CT molecular complexity index is 616. The number of nitrogens with one attached hydrogen (secondary N) is 1. The van der Waals surface area contributed by atoms with Crippen molar-refractivity contribution in [3.8, 4) is 0 Å². The van der Waals surface area contributed by atoms with E-state index in [2.05, 4.69) is 10.1 Å². The van der Waals surface area contributed by atoms with Gasteiger partial charge in [-0.2, -0.15) is 4.98 Å². The number of aromatic nitrogens is 2. The van der Waals surface area contributed by atoms with Crippen LogP contribution in [0.4, 0.5) is 5.82 Å². The van der Waals surface area contributed by atoms with Gasteiger partial charge in [0.05, 0.1) is 18.4 Å². The lowest BCUT2D eigenvalue weighted by molar-refractivity contribution is -0.0459. The van der Waals surface area contributed by atoms with Gasteiger partial charge < -0.3 is 20.2 Å². The van der Waals surface area contributed by atoms with Crippen molar-refractivity contribution in [2.45, 2.75) is 38.2 Å². The van der Waals surface area contributed by atoms with Crippen LogP contribution in [0.2, 0.25) is 0 Å². The van der Waals surface area contributed by atoms with E-state index < -0.39 is 24.1 Å². The fourth-order valence-electron chi connectivity index (χ4n) is 2.30. The number of aliphatic hydroxyl groups excluding tert-OH is 2. The molecule has 0 bridgehead atoms. The first-order valence-electron chi connectivity index (χ1n) is 6.64. The van der Waals surface area contributed by atoms with Crippen molar-refractivity contribution < 1.29 is 25.4 Å². The average molecular weight is 314 g/mol. The molecule has 22 heavy (non-hydrogen) atoms. The Morgan fingerprint density at radius 1 is 1.64 bits per heavy atom. The van der Waals surface area contributed by atoms with E-state index in [0.717, 1.165) is 0 Å². The van der Waals surface area contributed by atoms with Crippen molar-refractivity contribution in [1.82, 2.24) is 9.55 Å². The summed E-state index contributed by atoms with van der Waals surface area (Å²) < 4.78 is 6.58. The van der Waals surface area contributed by atoms with Gasteiger partial charge in [0.2, 0.25) is 0 Å². The maximum Gasteiger partial charge on any atom is 0.351 e. The molecule has 1 aliphatic heterocycles. The topological polar surface area (TPSA) is 149 Å². The van der Waals surface area contributed by atoms with Gasteiger partial charge in [-0.25, -0.2) is 4.79 Å². The SMILES string of the molecule is CC(Cc1cn([C@H]2C[C@H](O)[C@@H](CO)O2)c(=O)nc1NO)=NO. The van der Waals surface area contributed by atoms with E-state index in [1.165, 1.54) is 10.8 Å². The predicted molar refractivity (Wildman–Crippen MR) is 74.1 cm³/mol. The van der Waals surface area contributed by atoms with Crippen molar-refractivity contribution in [1.29, 1.82) is 0 Å². The van der Waals surface area contributed by atoms with Gasteiger partial charge in [-0.1, -0.05) is 5.16 Å². The molecule has 5 N–H and O–H groups in total. The van der Waals surface area contributed by atoms with E-state index in [4.69, 9.17) is 20.3 Å². The van der Waals surface area contributed by atoms with Crippen LogP contribution < -0.4 is 11.2 Å². The third kappa shape index (κ3) is 3.25. The van der Waals surface area contributed by atoms with Crippen LogP contribution in [0.15, 0.2) is 16.1 Å². The molecule has 1 fully saturated rings. The van der Waals surface area contributed by atoms with Gasteiger partial charge in [0.1, 0.15) is 12.3 Å². The van der Waals surface area contributed by atoms with Gasteiger partial charge in [-0.05, 0) is 6.92 Å². The average Bonchev–Trinajstić information content (AvgIpc) is 2.89. The molecule has 2 heterocycles. The molecule has 0 aliphatic carbocycles. The molecule has 0 unspecified atom stereocenters. The quantitative estimate of drug-likeness (QED) is 0.266. The van der Waals surface area contributed by atoms with Crippen LogP contribution in [0.5, 0.6) is 0 Å². The first-order chi connectivity index (χ1) is 10.5. The molecule has 1 aromatic rings. The molecule has 1 saturated heterocycles. The summed E-state index contributed by atoms with van der Waals surface area (Å²) in [4.78, 5) is 15.7. The number of oxime groups is 1. The zero-order valence-electron chi connectivity index (χ0n) is 11.9. The van der Waals surface area contributed by atoms with Gasteiger partial charge in [-0.3, -0.25) is 15.3 Å². The van der Waals surface area contributed by atoms with Gasteiger partial charge in [0.25, 0.3) is 0 Å². The second kappa shape index (κ2) is 6.83. The van der Waals surface area contributed by atoms with Crippen molar-refractivity contribution in [2.75, 3.05) is 12.1 Å². The molecule has 1 aromatic heterocycles. The van der Waals surface area contributed by atoms with Crippen LogP contribution in [-0.4, -0.2) is 54.7 Å². The van der Waals surface area contributed by atoms with E-state index in [1.807, 2.05) is 5.48 Å². The second-order valence-corrected chi connectivity index (χ2v) is 5.04. The number of nitrogens with zero attached hydrogens (tertiary/aromatic N) is 3.